The molecule has 1 aromatic rings. The molecule has 0 aromatic heterocycles. The van der Waals surface area contributed by atoms with Crippen LogP contribution < -0.4 is 20.5 Å². The van der Waals surface area contributed by atoms with Crippen molar-refractivity contribution in [1.82, 2.24) is 5.32 Å². The van der Waals surface area contributed by atoms with Crippen molar-refractivity contribution in [2.75, 3.05) is 20.3 Å². The minimum atomic E-state index is -0.335. The van der Waals surface area contributed by atoms with Crippen molar-refractivity contribution in [1.29, 1.82) is 0 Å². The molecule has 5 nitrogen and oxygen atoms in total. The predicted molar refractivity (Wildman–Crippen MR) is 90.7 cm³/mol. The van der Waals surface area contributed by atoms with E-state index in [2.05, 4.69) is 11.9 Å². The fourth-order valence-corrected chi connectivity index (χ4v) is 2.66. The van der Waals surface area contributed by atoms with Crippen molar-refractivity contribution < 1.29 is 14.3 Å². The van der Waals surface area contributed by atoms with Crippen molar-refractivity contribution in [3.8, 4) is 11.5 Å². The zero-order valence-corrected chi connectivity index (χ0v) is 13.9. The van der Waals surface area contributed by atoms with E-state index in [1.54, 1.807) is 7.11 Å². The highest BCUT2D eigenvalue weighted by molar-refractivity contribution is 5.78. The Morgan fingerprint density at radius 2 is 2.22 bits per heavy atom. The van der Waals surface area contributed by atoms with Crippen molar-refractivity contribution in [2.24, 2.45) is 11.7 Å². The largest absolute Gasteiger partial charge is 0.493 e. The van der Waals surface area contributed by atoms with Crippen LogP contribution in [-0.2, 0) is 11.2 Å². The summed E-state index contributed by atoms with van der Waals surface area (Å²) in [5.74, 6) is 1.48. The van der Waals surface area contributed by atoms with Crippen LogP contribution in [0.25, 0.3) is 0 Å². The number of nitrogens with one attached hydrogen (secondary N) is 1. The van der Waals surface area contributed by atoms with Crippen molar-refractivity contribution in [3.05, 3.63) is 36.4 Å². The molecule has 1 unspecified atom stereocenters. The molecule has 5 heteroatoms. The first kappa shape index (κ1) is 17.3. The summed E-state index contributed by atoms with van der Waals surface area (Å²) in [6.45, 7) is 6.09. The zero-order chi connectivity index (χ0) is 16.9. The average Bonchev–Trinajstić information content (AvgIpc) is 3.39. The van der Waals surface area contributed by atoms with Gasteiger partial charge in [0.05, 0.1) is 12.6 Å². The number of amides is 1. The minimum Gasteiger partial charge on any atom is -0.493 e. The Kier molecular flexibility index (Phi) is 5.66. The number of ether oxygens (including phenoxy) is 2. The van der Waals surface area contributed by atoms with Crippen LogP contribution in [0.2, 0.25) is 0 Å². The lowest BCUT2D eigenvalue weighted by Crippen LogP contribution is -2.54. The Labute approximate surface area is 137 Å². The molecule has 0 heterocycles. The van der Waals surface area contributed by atoms with Gasteiger partial charge in [0.2, 0.25) is 0 Å². The van der Waals surface area contributed by atoms with E-state index in [9.17, 15) is 4.79 Å². The molecular formula is C18H26N2O3. The van der Waals surface area contributed by atoms with E-state index in [0.29, 0.717) is 24.0 Å². The van der Waals surface area contributed by atoms with Crippen LogP contribution in [0.3, 0.4) is 0 Å². The summed E-state index contributed by atoms with van der Waals surface area (Å²) >= 11 is 0. The first-order chi connectivity index (χ1) is 11.0. The van der Waals surface area contributed by atoms with Crippen LogP contribution in [0.1, 0.15) is 25.3 Å². The maximum atomic E-state index is 12.1. The van der Waals surface area contributed by atoms with Crippen LogP contribution in [-0.4, -0.2) is 31.7 Å². The highest BCUT2D eigenvalue weighted by atomic mass is 16.5. The molecule has 0 bridgehead atoms. The topological polar surface area (TPSA) is 73.6 Å². The van der Waals surface area contributed by atoms with Gasteiger partial charge in [0, 0.05) is 6.54 Å². The van der Waals surface area contributed by atoms with Gasteiger partial charge in [0.1, 0.15) is 0 Å². The quantitative estimate of drug-likeness (QED) is 0.683. The SMILES string of the molecule is C=CCc1ccc(OCC(=O)NC(C)(CN)C2CC2)c(OC)c1. The third kappa shape index (κ3) is 4.48. The Bertz CT molecular complexity index is 569. The second kappa shape index (κ2) is 7.51. The van der Waals surface area contributed by atoms with E-state index >= 15 is 0 Å². The van der Waals surface area contributed by atoms with Crippen molar-refractivity contribution >= 4 is 5.91 Å². The lowest BCUT2D eigenvalue weighted by Gasteiger charge is -2.29. The molecule has 1 saturated carbocycles. The van der Waals surface area contributed by atoms with Crippen LogP contribution in [0.15, 0.2) is 30.9 Å². The van der Waals surface area contributed by atoms with Gasteiger partial charge in [0.25, 0.3) is 5.91 Å². The smallest absolute Gasteiger partial charge is 0.258 e. The van der Waals surface area contributed by atoms with Crippen molar-refractivity contribution in [2.45, 2.75) is 31.7 Å². The third-order valence-electron chi connectivity index (χ3n) is 4.29. The lowest BCUT2D eigenvalue weighted by atomic mass is 9.96. The number of allylic oxidation sites excluding steroid dienone is 1. The first-order valence-corrected chi connectivity index (χ1v) is 7.94. The van der Waals surface area contributed by atoms with E-state index in [1.165, 1.54) is 0 Å². The molecule has 0 aliphatic heterocycles. The van der Waals surface area contributed by atoms with Gasteiger partial charge in [-0.2, -0.15) is 0 Å². The number of methoxy groups -OCH3 is 1. The Balaban J connectivity index is 1.94. The molecule has 0 saturated heterocycles. The van der Waals surface area contributed by atoms with Gasteiger partial charge in [-0.15, -0.1) is 6.58 Å². The van der Waals surface area contributed by atoms with Crippen LogP contribution in [0.4, 0.5) is 0 Å². The molecule has 0 spiro atoms. The molecule has 1 atom stereocenters. The molecule has 23 heavy (non-hydrogen) atoms. The Morgan fingerprint density at radius 1 is 1.48 bits per heavy atom. The van der Waals surface area contributed by atoms with Crippen molar-refractivity contribution in [3.63, 3.8) is 0 Å². The van der Waals surface area contributed by atoms with E-state index in [0.717, 1.165) is 24.8 Å². The molecule has 3 N–H and O–H groups in total. The standard InChI is InChI=1S/C18H26N2O3/c1-4-5-13-6-9-15(16(10-13)22-3)23-11-17(21)20-18(2,12-19)14-7-8-14/h4,6,9-10,14H,1,5,7-8,11-12,19H2,2-3H3,(H,20,21). The van der Waals surface area contributed by atoms with Crippen LogP contribution in [0, 0.1) is 5.92 Å². The molecule has 2 rings (SSSR count). The number of hydrogen-bond donors (Lipinski definition) is 2. The average molecular weight is 318 g/mol. The summed E-state index contributed by atoms with van der Waals surface area (Å²) in [5.41, 5.74) is 6.56. The van der Waals surface area contributed by atoms with E-state index in [1.807, 2.05) is 31.2 Å². The van der Waals surface area contributed by atoms with Gasteiger partial charge >= 0.3 is 0 Å². The van der Waals surface area contributed by atoms with Gasteiger partial charge < -0.3 is 20.5 Å². The molecule has 1 amide bonds. The molecule has 1 fully saturated rings. The number of carbonyl (C=O) groups excluding carboxylic acids is 1. The molecule has 1 aromatic carbocycles. The lowest BCUT2D eigenvalue weighted by molar-refractivity contribution is -0.125. The second-order valence-corrected chi connectivity index (χ2v) is 6.21. The van der Waals surface area contributed by atoms with Gasteiger partial charge in [-0.3, -0.25) is 4.79 Å². The molecule has 0 radical (unpaired) electrons. The number of nitrogens with two attached hydrogens (primary N) is 1. The minimum absolute atomic E-state index is 0.0561. The molecular weight excluding hydrogens is 292 g/mol. The van der Waals surface area contributed by atoms with Gasteiger partial charge in [-0.05, 0) is 49.8 Å². The monoisotopic (exact) mass is 318 g/mol. The fraction of sp³-hybridized carbons (Fsp3) is 0.500. The summed E-state index contributed by atoms with van der Waals surface area (Å²) in [4.78, 5) is 12.1. The predicted octanol–water partition coefficient (Wildman–Crippen LogP) is 2.05. The molecule has 1 aliphatic rings. The maximum absolute atomic E-state index is 12.1. The number of rotatable bonds is 9. The summed E-state index contributed by atoms with van der Waals surface area (Å²) < 4.78 is 10.9. The molecule has 126 valence electrons. The van der Waals surface area contributed by atoms with E-state index in [-0.39, 0.29) is 18.1 Å². The number of carbonyl (C=O) groups is 1. The van der Waals surface area contributed by atoms with Crippen LogP contribution in [0.5, 0.6) is 11.5 Å². The number of hydrogen-bond acceptors (Lipinski definition) is 4. The molecule has 1 aliphatic carbocycles. The van der Waals surface area contributed by atoms with E-state index < -0.39 is 0 Å². The summed E-state index contributed by atoms with van der Waals surface area (Å²) in [5, 5.41) is 3.00. The fourth-order valence-electron chi connectivity index (χ4n) is 2.66. The van der Waals surface area contributed by atoms with Crippen LogP contribution >= 0.6 is 0 Å². The number of benzene rings is 1. The third-order valence-corrected chi connectivity index (χ3v) is 4.29. The van der Waals surface area contributed by atoms with Gasteiger partial charge in [-0.1, -0.05) is 12.1 Å². The highest BCUT2D eigenvalue weighted by Gasteiger charge is 2.41. The zero-order valence-electron chi connectivity index (χ0n) is 13.9. The highest BCUT2D eigenvalue weighted by Crippen LogP contribution is 2.39. The summed E-state index contributed by atoms with van der Waals surface area (Å²) in [6, 6.07) is 5.64. The maximum Gasteiger partial charge on any atom is 0.258 e. The van der Waals surface area contributed by atoms with Gasteiger partial charge in [0.15, 0.2) is 18.1 Å². The van der Waals surface area contributed by atoms with E-state index in [4.69, 9.17) is 15.2 Å². The van der Waals surface area contributed by atoms with Gasteiger partial charge in [-0.25, -0.2) is 0 Å². The normalized spacial score (nSPS) is 16.3. The Morgan fingerprint density at radius 3 is 2.78 bits per heavy atom. The summed E-state index contributed by atoms with van der Waals surface area (Å²) in [7, 11) is 1.58. The Hall–Kier alpha value is -2.01. The summed E-state index contributed by atoms with van der Waals surface area (Å²) in [6.07, 6.45) is 4.82. The first-order valence-electron chi connectivity index (χ1n) is 7.94. The second-order valence-electron chi connectivity index (χ2n) is 6.21.